The second kappa shape index (κ2) is 8.62. The van der Waals surface area contributed by atoms with Gasteiger partial charge in [0.25, 0.3) is 5.91 Å². The summed E-state index contributed by atoms with van der Waals surface area (Å²) in [7, 11) is 0. The van der Waals surface area contributed by atoms with Gasteiger partial charge in [-0.3, -0.25) is 4.79 Å². The number of pyridine rings is 1. The SMILES string of the molecule is CCN(CC)c1ccc(C(=O)NCCC(O)C(C)C)cn1. The van der Waals surface area contributed by atoms with Crippen LogP contribution in [-0.4, -0.2) is 41.7 Å². The number of carbonyl (C=O) groups excluding carboxylic acids is 1. The van der Waals surface area contributed by atoms with Crippen LogP contribution in [0.25, 0.3) is 0 Å². The van der Waals surface area contributed by atoms with Gasteiger partial charge in [0.05, 0.1) is 11.7 Å². The number of aromatic nitrogens is 1. The van der Waals surface area contributed by atoms with E-state index >= 15 is 0 Å². The maximum Gasteiger partial charge on any atom is 0.252 e. The van der Waals surface area contributed by atoms with E-state index in [1.165, 1.54) is 0 Å². The maximum absolute atomic E-state index is 12.0. The topological polar surface area (TPSA) is 65.5 Å². The van der Waals surface area contributed by atoms with Gasteiger partial charge in [0.1, 0.15) is 5.82 Å². The Morgan fingerprint density at radius 2 is 2.00 bits per heavy atom. The smallest absolute Gasteiger partial charge is 0.252 e. The number of amides is 1. The summed E-state index contributed by atoms with van der Waals surface area (Å²) < 4.78 is 0. The molecule has 1 aromatic rings. The van der Waals surface area contributed by atoms with Gasteiger partial charge in [-0.25, -0.2) is 4.98 Å². The summed E-state index contributed by atoms with van der Waals surface area (Å²) in [6.07, 6.45) is 1.78. The highest BCUT2D eigenvalue weighted by Gasteiger charge is 2.11. The molecule has 1 unspecified atom stereocenters. The molecular formula is C16H27N3O2. The molecule has 1 amide bonds. The fraction of sp³-hybridized carbons (Fsp3) is 0.625. The van der Waals surface area contributed by atoms with Gasteiger partial charge in [0.15, 0.2) is 0 Å². The highest BCUT2D eigenvalue weighted by atomic mass is 16.3. The summed E-state index contributed by atoms with van der Waals surface area (Å²) in [6, 6.07) is 3.65. The van der Waals surface area contributed by atoms with Crippen molar-refractivity contribution in [2.45, 2.75) is 40.2 Å². The Morgan fingerprint density at radius 3 is 2.48 bits per heavy atom. The van der Waals surface area contributed by atoms with Gasteiger partial charge >= 0.3 is 0 Å². The van der Waals surface area contributed by atoms with Crippen LogP contribution in [0.15, 0.2) is 18.3 Å². The molecule has 5 nitrogen and oxygen atoms in total. The van der Waals surface area contributed by atoms with E-state index in [0.717, 1.165) is 18.9 Å². The number of hydrogen-bond acceptors (Lipinski definition) is 4. The zero-order valence-corrected chi connectivity index (χ0v) is 13.5. The monoisotopic (exact) mass is 293 g/mol. The average molecular weight is 293 g/mol. The first-order valence-corrected chi connectivity index (χ1v) is 7.66. The largest absolute Gasteiger partial charge is 0.393 e. The van der Waals surface area contributed by atoms with Crippen LogP contribution in [0.1, 0.15) is 44.5 Å². The molecule has 0 saturated heterocycles. The molecule has 0 aliphatic heterocycles. The van der Waals surface area contributed by atoms with Crippen molar-refractivity contribution in [1.29, 1.82) is 0 Å². The van der Waals surface area contributed by atoms with E-state index in [1.807, 2.05) is 19.9 Å². The number of aliphatic hydroxyl groups excluding tert-OH is 1. The van der Waals surface area contributed by atoms with Crippen molar-refractivity contribution < 1.29 is 9.90 Å². The first-order chi connectivity index (χ1) is 9.99. The van der Waals surface area contributed by atoms with Crippen molar-refractivity contribution in [1.82, 2.24) is 10.3 Å². The van der Waals surface area contributed by atoms with Crippen LogP contribution in [0.5, 0.6) is 0 Å². The Bertz CT molecular complexity index is 428. The van der Waals surface area contributed by atoms with Crippen molar-refractivity contribution in [2.75, 3.05) is 24.5 Å². The van der Waals surface area contributed by atoms with E-state index in [0.29, 0.717) is 18.5 Å². The standard InChI is InChI=1S/C16H27N3O2/c1-5-19(6-2)15-8-7-13(11-18-15)16(21)17-10-9-14(20)12(3)4/h7-8,11-12,14,20H,5-6,9-10H2,1-4H3,(H,17,21). The van der Waals surface area contributed by atoms with Crippen LogP contribution >= 0.6 is 0 Å². The van der Waals surface area contributed by atoms with Gasteiger partial charge in [-0.15, -0.1) is 0 Å². The van der Waals surface area contributed by atoms with E-state index in [2.05, 4.69) is 29.0 Å². The summed E-state index contributed by atoms with van der Waals surface area (Å²) in [5.41, 5.74) is 0.546. The van der Waals surface area contributed by atoms with Gasteiger partial charge in [-0.2, -0.15) is 0 Å². The van der Waals surface area contributed by atoms with Crippen molar-refractivity contribution in [3.05, 3.63) is 23.9 Å². The summed E-state index contributed by atoms with van der Waals surface area (Å²) in [5.74, 6) is 0.938. The van der Waals surface area contributed by atoms with Gasteiger partial charge < -0.3 is 15.3 Å². The highest BCUT2D eigenvalue weighted by Crippen LogP contribution is 2.11. The molecule has 0 bridgehead atoms. The van der Waals surface area contributed by atoms with Gasteiger partial charge in [0.2, 0.25) is 0 Å². The van der Waals surface area contributed by atoms with Crippen molar-refractivity contribution >= 4 is 11.7 Å². The molecule has 0 aromatic carbocycles. The minimum Gasteiger partial charge on any atom is -0.393 e. The van der Waals surface area contributed by atoms with Crippen molar-refractivity contribution in [2.24, 2.45) is 5.92 Å². The average Bonchev–Trinajstić information content (AvgIpc) is 2.48. The number of hydrogen-bond donors (Lipinski definition) is 2. The first-order valence-electron chi connectivity index (χ1n) is 7.66. The highest BCUT2D eigenvalue weighted by molar-refractivity contribution is 5.94. The zero-order chi connectivity index (χ0) is 15.8. The minimum atomic E-state index is -0.381. The van der Waals surface area contributed by atoms with Gasteiger partial charge in [-0.1, -0.05) is 13.8 Å². The Hall–Kier alpha value is -1.62. The second-order valence-corrected chi connectivity index (χ2v) is 5.43. The fourth-order valence-electron chi connectivity index (χ4n) is 2.02. The third kappa shape index (κ3) is 5.34. The molecule has 21 heavy (non-hydrogen) atoms. The summed E-state index contributed by atoms with van der Waals surface area (Å²) >= 11 is 0. The van der Waals surface area contributed by atoms with Gasteiger partial charge in [0, 0.05) is 25.8 Å². The Labute approximate surface area is 127 Å². The Kier molecular flexibility index (Phi) is 7.15. The quantitative estimate of drug-likeness (QED) is 0.770. The third-order valence-electron chi connectivity index (χ3n) is 3.59. The van der Waals surface area contributed by atoms with Crippen LogP contribution in [0.2, 0.25) is 0 Å². The summed E-state index contributed by atoms with van der Waals surface area (Å²) in [4.78, 5) is 18.4. The molecule has 1 rings (SSSR count). The lowest BCUT2D eigenvalue weighted by atomic mass is 10.0. The van der Waals surface area contributed by atoms with E-state index in [1.54, 1.807) is 12.3 Å². The van der Waals surface area contributed by atoms with Gasteiger partial charge in [-0.05, 0) is 38.3 Å². The molecule has 0 fully saturated rings. The normalized spacial score (nSPS) is 12.3. The Balaban J connectivity index is 2.52. The summed E-state index contributed by atoms with van der Waals surface area (Å²) in [6.45, 7) is 10.3. The lowest BCUT2D eigenvalue weighted by Gasteiger charge is -2.19. The number of rotatable bonds is 8. The molecule has 0 spiro atoms. The van der Waals surface area contributed by atoms with Crippen LogP contribution in [-0.2, 0) is 0 Å². The van der Waals surface area contributed by atoms with E-state index in [4.69, 9.17) is 0 Å². The van der Waals surface area contributed by atoms with Crippen molar-refractivity contribution in [3.63, 3.8) is 0 Å². The maximum atomic E-state index is 12.0. The zero-order valence-electron chi connectivity index (χ0n) is 13.5. The van der Waals surface area contributed by atoms with Crippen LogP contribution in [0.4, 0.5) is 5.82 Å². The lowest BCUT2D eigenvalue weighted by Crippen LogP contribution is -2.29. The molecule has 5 heteroatoms. The molecule has 0 radical (unpaired) electrons. The number of nitrogens with one attached hydrogen (secondary N) is 1. The predicted octanol–water partition coefficient (Wildman–Crippen LogP) is 2.06. The predicted molar refractivity (Wildman–Crippen MR) is 85.6 cm³/mol. The molecule has 0 saturated carbocycles. The van der Waals surface area contributed by atoms with Crippen molar-refractivity contribution in [3.8, 4) is 0 Å². The van der Waals surface area contributed by atoms with E-state index in [-0.39, 0.29) is 17.9 Å². The molecule has 1 atom stereocenters. The molecule has 2 N–H and O–H groups in total. The minimum absolute atomic E-state index is 0.149. The number of nitrogens with zero attached hydrogens (tertiary/aromatic N) is 2. The molecular weight excluding hydrogens is 266 g/mol. The Morgan fingerprint density at radius 1 is 1.33 bits per heavy atom. The molecule has 1 heterocycles. The van der Waals surface area contributed by atoms with E-state index in [9.17, 15) is 9.90 Å². The number of aliphatic hydroxyl groups is 1. The molecule has 0 aliphatic rings. The first kappa shape index (κ1) is 17.4. The number of carbonyl (C=O) groups is 1. The fourth-order valence-corrected chi connectivity index (χ4v) is 2.02. The molecule has 0 aliphatic carbocycles. The van der Waals surface area contributed by atoms with Crippen LogP contribution in [0.3, 0.4) is 0 Å². The molecule has 1 aromatic heterocycles. The second-order valence-electron chi connectivity index (χ2n) is 5.43. The third-order valence-corrected chi connectivity index (χ3v) is 3.59. The lowest BCUT2D eigenvalue weighted by molar-refractivity contribution is 0.0920. The number of anilines is 1. The summed E-state index contributed by atoms with van der Waals surface area (Å²) in [5, 5.41) is 12.5. The van der Waals surface area contributed by atoms with Crippen LogP contribution in [0, 0.1) is 5.92 Å². The van der Waals surface area contributed by atoms with Crippen LogP contribution < -0.4 is 10.2 Å². The van der Waals surface area contributed by atoms with E-state index < -0.39 is 0 Å². The molecule has 118 valence electrons.